The van der Waals surface area contributed by atoms with Gasteiger partial charge in [0, 0.05) is 21.3 Å². The molecule has 1 fully saturated rings. The number of rotatable bonds is 3. The number of hydrogen-bond acceptors (Lipinski definition) is 4. The number of carbonyl (C=O) groups is 2. The zero-order chi connectivity index (χ0) is 20.5. The van der Waals surface area contributed by atoms with Gasteiger partial charge in [-0.2, -0.15) is 0 Å². The zero-order valence-electron chi connectivity index (χ0n) is 14.9. The van der Waals surface area contributed by atoms with Crippen molar-refractivity contribution >= 4 is 50.8 Å². The number of pyridine rings is 1. The lowest BCUT2D eigenvalue weighted by molar-refractivity contribution is -0.132. The molecule has 1 aliphatic heterocycles. The van der Waals surface area contributed by atoms with Crippen molar-refractivity contribution in [3.63, 3.8) is 0 Å². The van der Waals surface area contributed by atoms with Gasteiger partial charge >= 0.3 is 5.91 Å². The van der Waals surface area contributed by atoms with Gasteiger partial charge in [-0.3, -0.25) is 14.5 Å². The van der Waals surface area contributed by atoms with Crippen molar-refractivity contribution in [2.24, 2.45) is 0 Å². The molecule has 5 nitrogen and oxygen atoms in total. The molecule has 1 amide bonds. The van der Waals surface area contributed by atoms with Crippen LogP contribution in [0.2, 0.25) is 5.02 Å². The highest BCUT2D eigenvalue weighted by atomic mass is 79.9. The molecule has 29 heavy (non-hydrogen) atoms. The SMILES string of the molecule is O=C1C(=O)N(c2ccc(Br)cn2)C(c2ccccc2)/C1=C(/O)c1ccc(Cl)cc1. The molecule has 1 saturated heterocycles. The van der Waals surface area contributed by atoms with Gasteiger partial charge in [-0.25, -0.2) is 4.98 Å². The van der Waals surface area contributed by atoms with E-state index >= 15 is 0 Å². The fourth-order valence-electron chi connectivity index (χ4n) is 3.29. The van der Waals surface area contributed by atoms with E-state index in [9.17, 15) is 14.7 Å². The highest BCUT2D eigenvalue weighted by molar-refractivity contribution is 9.10. The number of aromatic nitrogens is 1. The van der Waals surface area contributed by atoms with E-state index in [0.717, 1.165) is 4.47 Å². The Morgan fingerprint density at radius 1 is 1.00 bits per heavy atom. The summed E-state index contributed by atoms with van der Waals surface area (Å²) >= 11 is 9.25. The highest BCUT2D eigenvalue weighted by Gasteiger charge is 2.47. The summed E-state index contributed by atoms with van der Waals surface area (Å²) in [5, 5.41) is 11.4. The number of carbonyl (C=O) groups excluding carboxylic acids is 2. The second-order valence-corrected chi connectivity index (χ2v) is 7.77. The van der Waals surface area contributed by atoms with E-state index in [2.05, 4.69) is 20.9 Å². The summed E-state index contributed by atoms with van der Waals surface area (Å²) in [6.07, 6.45) is 1.55. The van der Waals surface area contributed by atoms with Gasteiger partial charge in [0.25, 0.3) is 5.78 Å². The first-order valence-corrected chi connectivity index (χ1v) is 9.88. The number of ketones is 1. The second-order valence-electron chi connectivity index (χ2n) is 6.42. The molecule has 7 heteroatoms. The highest BCUT2D eigenvalue weighted by Crippen LogP contribution is 2.41. The lowest BCUT2D eigenvalue weighted by Crippen LogP contribution is -2.30. The van der Waals surface area contributed by atoms with Crippen molar-refractivity contribution < 1.29 is 14.7 Å². The largest absolute Gasteiger partial charge is 0.507 e. The Hall–Kier alpha value is -2.96. The number of amides is 1. The zero-order valence-corrected chi connectivity index (χ0v) is 17.3. The Kier molecular flexibility index (Phi) is 5.22. The number of Topliss-reactive ketones (excluding diaryl/α,β-unsaturated/α-hetero) is 1. The summed E-state index contributed by atoms with van der Waals surface area (Å²) in [6.45, 7) is 0. The van der Waals surface area contributed by atoms with E-state index < -0.39 is 17.7 Å². The van der Waals surface area contributed by atoms with Crippen LogP contribution in [0.15, 0.2) is 83.0 Å². The Morgan fingerprint density at radius 2 is 1.69 bits per heavy atom. The van der Waals surface area contributed by atoms with Gasteiger partial charge in [0.2, 0.25) is 0 Å². The summed E-state index contributed by atoms with van der Waals surface area (Å²) in [7, 11) is 0. The molecule has 1 aliphatic rings. The normalized spacial score (nSPS) is 18.3. The monoisotopic (exact) mass is 468 g/mol. The Balaban J connectivity index is 1.93. The molecule has 1 atom stereocenters. The maximum Gasteiger partial charge on any atom is 0.301 e. The van der Waals surface area contributed by atoms with Gasteiger partial charge < -0.3 is 5.11 Å². The molecular weight excluding hydrogens is 456 g/mol. The Labute approximate surface area is 180 Å². The summed E-state index contributed by atoms with van der Waals surface area (Å²) in [5.41, 5.74) is 1.09. The lowest BCUT2D eigenvalue weighted by Gasteiger charge is -2.24. The number of aliphatic hydroxyl groups is 1. The van der Waals surface area contributed by atoms with Crippen LogP contribution in [-0.4, -0.2) is 21.8 Å². The van der Waals surface area contributed by atoms with Gasteiger partial charge in [0.15, 0.2) is 0 Å². The van der Waals surface area contributed by atoms with Crippen LogP contribution >= 0.6 is 27.5 Å². The maximum atomic E-state index is 12.9. The van der Waals surface area contributed by atoms with Crippen LogP contribution in [0.4, 0.5) is 5.82 Å². The topological polar surface area (TPSA) is 70.5 Å². The summed E-state index contributed by atoms with van der Waals surface area (Å²) in [4.78, 5) is 31.5. The summed E-state index contributed by atoms with van der Waals surface area (Å²) < 4.78 is 0.746. The van der Waals surface area contributed by atoms with Gasteiger partial charge in [-0.05, 0) is 57.9 Å². The molecule has 0 spiro atoms. The van der Waals surface area contributed by atoms with Crippen LogP contribution < -0.4 is 4.90 Å². The van der Waals surface area contributed by atoms with Crippen LogP contribution in [0.3, 0.4) is 0 Å². The van der Waals surface area contributed by atoms with Crippen molar-refractivity contribution in [3.05, 3.63) is 99.1 Å². The smallest absolute Gasteiger partial charge is 0.301 e. The lowest BCUT2D eigenvalue weighted by atomic mass is 9.95. The summed E-state index contributed by atoms with van der Waals surface area (Å²) in [5.74, 6) is -1.45. The van der Waals surface area contributed by atoms with E-state index in [4.69, 9.17) is 11.6 Å². The quantitative estimate of drug-likeness (QED) is 0.328. The fourth-order valence-corrected chi connectivity index (χ4v) is 3.65. The van der Waals surface area contributed by atoms with E-state index in [1.807, 2.05) is 18.2 Å². The molecule has 0 saturated carbocycles. The average Bonchev–Trinajstić information content (AvgIpc) is 3.00. The van der Waals surface area contributed by atoms with Crippen molar-refractivity contribution in [1.82, 2.24) is 4.98 Å². The average molecular weight is 470 g/mol. The number of hydrogen-bond donors (Lipinski definition) is 1. The number of nitrogens with zero attached hydrogens (tertiary/aromatic N) is 2. The second kappa shape index (κ2) is 7.81. The van der Waals surface area contributed by atoms with Crippen LogP contribution in [0.25, 0.3) is 5.76 Å². The van der Waals surface area contributed by atoms with Crippen molar-refractivity contribution in [2.75, 3.05) is 4.90 Å². The van der Waals surface area contributed by atoms with Gasteiger partial charge in [0.1, 0.15) is 11.6 Å². The van der Waals surface area contributed by atoms with Crippen molar-refractivity contribution in [1.29, 1.82) is 0 Å². The minimum absolute atomic E-state index is 0.00763. The third-order valence-corrected chi connectivity index (χ3v) is 5.36. The third-order valence-electron chi connectivity index (χ3n) is 4.64. The minimum atomic E-state index is -0.805. The first kappa shape index (κ1) is 19.4. The van der Waals surface area contributed by atoms with Gasteiger partial charge in [0.05, 0.1) is 11.6 Å². The molecule has 1 N–H and O–H groups in total. The predicted octanol–water partition coefficient (Wildman–Crippen LogP) is 5.12. The van der Waals surface area contributed by atoms with Crippen molar-refractivity contribution in [2.45, 2.75) is 6.04 Å². The molecule has 1 aromatic heterocycles. The number of aliphatic hydroxyl groups excluding tert-OH is 1. The van der Waals surface area contributed by atoms with E-state index in [1.54, 1.807) is 54.7 Å². The standard InChI is InChI=1S/C22H14BrClN2O3/c23-15-8-11-17(25-12-15)26-19(13-4-2-1-3-5-13)18(21(28)22(26)29)20(27)14-6-9-16(24)10-7-14/h1-12,19,27H/b20-18-. The van der Waals surface area contributed by atoms with Crippen LogP contribution in [-0.2, 0) is 9.59 Å². The predicted molar refractivity (Wildman–Crippen MR) is 115 cm³/mol. The first-order valence-electron chi connectivity index (χ1n) is 8.71. The number of halogens is 2. The van der Waals surface area contributed by atoms with E-state index in [-0.39, 0.29) is 11.3 Å². The fraction of sp³-hybridized carbons (Fsp3) is 0.0455. The van der Waals surface area contributed by atoms with Crippen LogP contribution in [0, 0.1) is 0 Å². The third kappa shape index (κ3) is 3.57. The molecule has 0 radical (unpaired) electrons. The molecule has 4 rings (SSSR count). The molecule has 2 aromatic carbocycles. The molecule has 0 bridgehead atoms. The Bertz CT molecular complexity index is 1110. The number of anilines is 1. The summed E-state index contributed by atoms with van der Waals surface area (Å²) in [6, 6.07) is 18.1. The van der Waals surface area contributed by atoms with E-state index in [0.29, 0.717) is 22.0 Å². The molecule has 144 valence electrons. The van der Waals surface area contributed by atoms with Crippen LogP contribution in [0.5, 0.6) is 0 Å². The maximum absolute atomic E-state index is 12.9. The molecular formula is C22H14BrClN2O3. The van der Waals surface area contributed by atoms with Crippen LogP contribution in [0.1, 0.15) is 17.2 Å². The molecule has 2 heterocycles. The van der Waals surface area contributed by atoms with Gasteiger partial charge in [-0.15, -0.1) is 0 Å². The molecule has 0 aliphatic carbocycles. The van der Waals surface area contributed by atoms with Crippen molar-refractivity contribution in [3.8, 4) is 0 Å². The van der Waals surface area contributed by atoms with E-state index in [1.165, 1.54) is 4.90 Å². The van der Waals surface area contributed by atoms with Gasteiger partial charge in [-0.1, -0.05) is 41.9 Å². The minimum Gasteiger partial charge on any atom is -0.507 e. The Morgan fingerprint density at radius 3 is 2.31 bits per heavy atom. The molecule has 1 unspecified atom stereocenters. The molecule has 3 aromatic rings. The number of benzene rings is 2. The first-order chi connectivity index (χ1) is 14.0.